The summed E-state index contributed by atoms with van der Waals surface area (Å²) in [7, 11) is 0. The Morgan fingerprint density at radius 1 is 1.37 bits per heavy atom. The molecule has 0 unspecified atom stereocenters. The number of amides is 2. The number of hydrogen-bond acceptors (Lipinski definition) is 4. The van der Waals surface area contributed by atoms with Gasteiger partial charge in [0.2, 0.25) is 11.8 Å². The van der Waals surface area contributed by atoms with E-state index >= 15 is 0 Å². The molecule has 2 aliphatic heterocycles. The van der Waals surface area contributed by atoms with Gasteiger partial charge in [-0.05, 0) is 50.2 Å². The van der Waals surface area contributed by atoms with Crippen LogP contribution in [0.4, 0.5) is 0 Å². The zero-order valence-electron chi connectivity index (χ0n) is 16.0. The van der Waals surface area contributed by atoms with Crippen LogP contribution in [0.25, 0.3) is 0 Å². The van der Waals surface area contributed by atoms with Gasteiger partial charge in [0.1, 0.15) is 5.75 Å². The molecule has 1 saturated carbocycles. The van der Waals surface area contributed by atoms with E-state index in [9.17, 15) is 9.59 Å². The van der Waals surface area contributed by atoms with Crippen molar-refractivity contribution in [1.29, 1.82) is 0 Å². The predicted molar refractivity (Wildman–Crippen MR) is 101 cm³/mol. The topological polar surface area (TPSA) is 71.5 Å². The zero-order chi connectivity index (χ0) is 18.9. The van der Waals surface area contributed by atoms with Crippen LogP contribution in [0.3, 0.4) is 0 Å². The van der Waals surface area contributed by atoms with E-state index < -0.39 is 5.41 Å². The average Bonchev–Trinajstić information content (AvgIpc) is 3.27. The minimum atomic E-state index is -0.500. The fourth-order valence-corrected chi connectivity index (χ4v) is 4.93. The van der Waals surface area contributed by atoms with Gasteiger partial charge in [-0.25, -0.2) is 0 Å². The van der Waals surface area contributed by atoms with Crippen molar-refractivity contribution in [1.82, 2.24) is 15.2 Å². The second-order valence-electron chi connectivity index (χ2n) is 8.53. The number of likely N-dealkylation sites (tertiary alicyclic amines) is 1. The maximum atomic E-state index is 13.0. The molecule has 6 heteroatoms. The normalized spacial score (nSPS) is 33.3. The lowest BCUT2D eigenvalue weighted by Crippen LogP contribution is -2.43. The van der Waals surface area contributed by atoms with E-state index in [0.29, 0.717) is 32.0 Å². The summed E-state index contributed by atoms with van der Waals surface area (Å²) >= 11 is 0. The molecule has 4 rings (SSSR count). The first-order valence-corrected chi connectivity index (χ1v) is 10.2. The third kappa shape index (κ3) is 3.54. The molecule has 0 aromatic carbocycles. The van der Waals surface area contributed by atoms with Gasteiger partial charge >= 0.3 is 0 Å². The lowest BCUT2D eigenvalue weighted by Gasteiger charge is -2.31. The van der Waals surface area contributed by atoms with Gasteiger partial charge in [-0.1, -0.05) is 6.92 Å². The molecule has 1 aromatic rings. The second kappa shape index (κ2) is 7.49. The van der Waals surface area contributed by atoms with E-state index in [-0.39, 0.29) is 23.7 Å². The lowest BCUT2D eigenvalue weighted by atomic mass is 9.77. The zero-order valence-corrected chi connectivity index (χ0v) is 16.0. The van der Waals surface area contributed by atoms with Gasteiger partial charge in [0, 0.05) is 37.7 Å². The molecule has 6 nitrogen and oxygen atoms in total. The lowest BCUT2D eigenvalue weighted by molar-refractivity contribution is -0.137. The van der Waals surface area contributed by atoms with Crippen LogP contribution >= 0.6 is 0 Å². The molecule has 2 amide bonds. The van der Waals surface area contributed by atoms with Gasteiger partial charge in [-0.15, -0.1) is 0 Å². The fourth-order valence-electron chi connectivity index (χ4n) is 4.93. The third-order valence-corrected chi connectivity index (χ3v) is 6.81. The predicted octanol–water partition coefficient (Wildman–Crippen LogP) is 2.25. The van der Waals surface area contributed by atoms with Crippen molar-refractivity contribution < 1.29 is 14.3 Å². The Hall–Kier alpha value is -2.11. The second-order valence-corrected chi connectivity index (χ2v) is 8.53. The number of nitrogens with zero attached hydrogens (tertiary/aromatic N) is 2. The molecule has 2 saturated heterocycles. The molecule has 27 heavy (non-hydrogen) atoms. The molecule has 1 aromatic heterocycles. The van der Waals surface area contributed by atoms with Crippen LogP contribution in [-0.2, 0) is 9.59 Å². The van der Waals surface area contributed by atoms with E-state index in [2.05, 4.69) is 17.2 Å². The van der Waals surface area contributed by atoms with E-state index in [4.69, 9.17) is 4.74 Å². The van der Waals surface area contributed by atoms with Gasteiger partial charge < -0.3 is 15.0 Å². The van der Waals surface area contributed by atoms with Crippen LogP contribution < -0.4 is 10.1 Å². The molecular weight excluding hydrogens is 342 g/mol. The molecule has 0 radical (unpaired) electrons. The van der Waals surface area contributed by atoms with Crippen LogP contribution in [0, 0.1) is 23.2 Å². The first kappa shape index (κ1) is 18.3. The Morgan fingerprint density at radius 3 is 2.93 bits per heavy atom. The van der Waals surface area contributed by atoms with E-state index in [0.717, 1.165) is 38.0 Å². The molecule has 1 spiro atoms. The van der Waals surface area contributed by atoms with Crippen molar-refractivity contribution in [2.24, 2.45) is 23.2 Å². The summed E-state index contributed by atoms with van der Waals surface area (Å²) < 4.78 is 5.89. The summed E-state index contributed by atoms with van der Waals surface area (Å²) in [6, 6.07) is 3.71. The number of pyridine rings is 1. The molecule has 146 valence electrons. The van der Waals surface area contributed by atoms with Crippen molar-refractivity contribution in [3.05, 3.63) is 24.5 Å². The Bertz CT molecular complexity index is 687. The number of rotatable bonds is 4. The maximum Gasteiger partial charge on any atom is 0.228 e. The third-order valence-electron chi connectivity index (χ3n) is 6.81. The number of carbonyl (C=O) groups is 2. The highest BCUT2D eigenvalue weighted by Gasteiger charge is 2.55. The molecule has 1 aliphatic carbocycles. The standard InChI is InChI=1S/C21H29N3O3/c1-15-4-6-16(7-5-15)19(25)24-10-8-21(14-24)17(11-23-20(21)26)13-27-18-3-2-9-22-12-18/h2-3,9,12,15-17H,4-8,10-11,13-14H2,1H3,(H,23,26)/t15?,16?,17-,21+/m0/s1. The van der Waals surface area contributed by atoms with Gasteiger partial charge in [0.05, 0.1) is 18.2 Å². The molecular formula is C21H29N3O3. The molecule has 3 heterocycles. The van der Waals surface area contributed by atoms with E-state index in [1.54, 1.807) is 12.4 Å². The van der Waals surface area contributed by atoms with Crippen LogP contribution in [0.15, 0.2) is 24.5 Å². The highest BCUT2D eigenvalue weighted by molar-refractivity contribution is 5.88. The summed E-state index contributed by atoms with van der Waals surface area (Å²) in [6.07, 6.45) is 8.38. The highest BCUT2D eigenvalue weighted by atomic mass is 16.5. The Labute approximate surface area is 160 Å². The van der Waals surface area contributed by atoms with Crippen LogP contribution in [0.2, 0.25) is 0 Å². The number of nitrogens with one attached hydrogen (secondary N) is 1. The average molecular weight is 371 g/mol. The molecule has 3 aliphatic rings. The van der Waals surface area contributed by atoms with Crippen LogP contribution in [0.5, 0.6) is 5.75 Å². The largest absolute Gasteiger partial charge is 0.492 e. The summed E-state index contributed by atoms with van der Waals surface area (Å²) in [4.78, 5) is 31.7. The smallest absolute Gasteiger partial charge is 0.228 e. The SMILES string of the molecule is CC1CCC(C(=O)N2CC[C@]3(C2)C(=O)NC[C@H]3COc2cccnc2)CC1. The number of ether oxygens (including phenoxy) is 1. The van der Waals surface area contributed by atoms with Gasteiger partial charge in [-0.3, -0.25) is 14.6 Å². The van der Waals surface area contributed by atoms with E-state index in [1.807, 2.05) is 17.0 Å². The molecule has 3 fully saturated rings. The Balaban J connectivity index is 1.40. The molecule has 0 bridgehead atoms. The first-order chi connectivity index (χ1) is 13.1. The fraction of sp³-hybridized carbons (Fsp3) is 0.667. The van der Waals surface area contributed by atoms with Crippen molar-refractivity contribution in [3.63, 3.8) is 0 Å². The summed E-state index contributed by atoms with van der Waals surface area (Å²) in [5, 5.41) is 3.01. The molecule has 2 atom stereocenters. The van der Waals surface area contributed by atoms with Crippen molar-refractivity contribution >= 4 is 11.8 Å². The van der Waals surface area contributed by atoms with Crippen molar-refractivity contribution in [2.75, 3.05) is 26.2 Å². The minimum absolute atomic E-state index is 0.0781. The Kier molecular flexibility index (Phi) is 5.06. The highest BCUT2D eigenvalue weighted by Crippen LogP contribution is 2.43. The Morgan fingerprint density at radius 2 is 2.19 bits per heavy atom. The molecule has 1 N–H and O–H groups in total. The first-order valence-electron chi connectivity index (χ1n) is 10.2. The summed E-state index contributed by atoms with van der Waals surface area (Å²) in [5.74, 6) is 2.00. The van der Waals surface area contributed by atoms with Gasteiger partial charge in [0.25, 0.3) is 0 Å². The summed E-state index contributed by atoms with van der Waals surface area (Å²) in [6.45, 7) is 4.56. The van der Waals surface area contributed by atoms with Crippen molar-refractivity contribution in [3.8, 4) is 5.75 Å². The quantitative estimate of drug-likeness (QED) is 0.881. The monoisotopic (exact) mass is 371 g/mol. The minimum Gasteiger partial charge on any atom is -0.492 e. The number of hydrogen-bond donors (Lipinski definition) is 1. The van der Waals surface area contributed by atoms with E-state index in [1.165, 1.54) is 0 Å². The van der Waals surface area contributed by atoms with Crippen molar-refractivity contribution in [2.45, 2.75) is 39.0 Å². The van der Waals surface area contributed by atoms with Gasteiger partial charge in [-0.2, -0.15) is 0 Å². The number of carbonyl (C=O) groups excluding carboxylic acids is 2. The summed E-state index contributed by atoms with van der Waals surface area (Å²) in [5.41, 5.74) is -0.500. The van der Waals surface area contributed by atoms with Gasteiger partial charge in [0.15, 0.2) is 0 Å². The maximum absolute atomic E-state index is 13.0. The van der Waals surface area contributed by atoms with Crippen LogP contribution in [0.1, 0.15) is 39.0 Å². The number of aromatic nitrogens is 1. The van der Waals surface area contributed by atoms with Crippen LogP contribution in [-0.4, -0.2) is 47.9 Å².